The maximum absolute atomic E-state index is 13.7. The summed E-state index contributed by atoms with van der Waals surface area (Å²) in [6.45, 7) is 3.31. The van der Waals surface area contributed by atoms with Gasteiger partial charge in [-0.25, -0.2) is 8.78 Å². The van der Waals surface area contributed by atoms with Crippen molar-refractivity contribution in [1.29, 1.82) is 5.41 Å². The fraction of sp³-hybridized carbons (Fsp3) is 0.160. The third kappa shape index (κ3) is 9.03. The highest BCUT2D eigenvalue weighted by atomic mass is 19.1. The van der Waals surface area contributed by atoms with E-state index in [4.69, 9.17) is 21.4 Å². The number of amides is 1. The maximum Gasteiger partial charge on any atom is 0.252 e. The molecule has 1 atom stereocenters. The number of halogens is 3. The van der Waals surface area contributed by atoms with E-state index >= 15 is 0 Å². The topological polar surface area (TPSA) is 132 Å². The number of nitrogens with zero attached hydrogens (tertiary/aromatic N) is 1. The van der Waals surface area contributed by atoms with Gasteiger partial charge in [0.1, 0.15) is 11.6 Å². The lowest BCUT2D eigenvalue weighted by Gasteiger charge is -2.18. The number of aliphatic hydroxyl groups is 2. The van der Waals surface area contributed by atoms with Gasteiger partial charge in [-0.1, -0.05) is 30.8 Å². The van der Waals surface area contributed by atoms with Crippen LogP contribution in [-0.4, -0.2) is 40.8 Å². The molecule has 0 aliphatic carbocycles. The second-order valence-electron chi connectivity index (χ2n) is 6.80. The van der Waals surface area contributed by atoms with E-state index in [0.717, 1.165) is 18.7 Å². The SMILES string of the molecule is C=C(N)c1ccc(F)cc1.CO.N=C(F)c1c(F)cccc1C(=O)NC(CCO)c1ccccn1. The van der Waals surface area contributed by atoms with E-state index in [-0.39, 0.29) is 24.4 Å². The summed E-state index contributed by atoms with van der Waals surface area (Å²) in [5, 5.41) is 25.7. The summed E-state index contributed by atoms with van der Waals surface area (Å²) in [4.78, 5) is 16.4. The monoisotopic (exact) mass is 488 g/mol. The molecule has 1 amide bonds. The molecule has 0 fully saturated rings. The van der Waals surface area contributed by atoms with Crippen LogP contribution in [0.3, 0.4) is 0 Å². The molecule has 35 heavy (non-hydrogen) atoms. The Bertz CT molecular complexity index is 1110. The average Bonchev–Trinajstić information content (AvgIpc) is 2.85. The first-order valence-corrected chi connectivity index (χ1v) is 10.2. The van der Waals surface area contributed by atoms with Crippen LogP contribution < -0.4 is 11.1 Å². The van der Waals surface area contributed by atoms with Crippen molar-refractivity contribution >= 4 is 17.6 Å². The van der Waals surface area contributed by atoms with Gasteiger partial charge in [0.15, 0.2) is 0 Å². The first-order valence-electron chi connectivity index (χ1n) is 10.2. The second kappa shape index (κ2) is 15.0. The van der Waals surface area contributed by atoms with Gasteiger partial charge in [-0.2, -0.15) is 4.39 Å². The van der Waals surface area contributed by atoms with Gasteiger partial charge in [-0.05, 0) is 48.4 Å². The van der Waals surface area contributed by atoms with Crippen LogP contribution in [0.5, 0.6) is 0 Å². The third-order valence-electron chi connectivity index (χ3n) is 4.46. The number of benzene rings is 2. The number of nitrogens with one attached hydrogen (secondary N) is 2. The van der Waals surface area contributed by atoms with Crippen molar-refractivity contribution in [3.8, 4) is 0 Å². The highest BCUT2D eigenvalue weighted by Gasteiger charge is 2.22. The number of hydrogen-bond acceptors (Lipinski definition) is 6. The van der Waals surface area contributed by atoms with E-state index in [1.165, 1.54) is 30.5 Å². The summed E-state index contributed by atoms with van der Waals surface area (Å²) >= 11 is 0. The molecule has 1 aromatic heterocycles. The molecule has 7 nitrogen and oxygen atoms in total. The minimum atomic E-state index is -1.52. The molecule has 6 N–H and O–H groups in total. The minimum Gasteiger partial charge on any atom is -0.400 e. The number of carbonyl (C=O) groups excluding carboxylic acids is 1. The van der Waals surface area contributed by atoms with Gasteiger partial charge in [0.2, 0.25) is 5.97 Å². The number of hydrogen-bond donors (Lipinski definition) is 5. The Hall–Kier alpha value is -4.02. The van der Waals surface area contributed by atoms with E-state index < -0.39 is 29.3 Å². The summed E-state index contributed by atoms with van der Waals surface area (Å²) < 4.78 is 39.2. The van der Waals surface area contributed by atoms with E-state index in [1.807, 2.05) is 0 Å². The molecule has 0 saturated carbocycles. The summed E-state index contributed by atoms with van der Waals surface area (Å²) in [6.07, 6.45) is 1.73. The van der Waals surface area contributed by atoms with Crippen molar-refractivity contribution in [3.63, 3.8) is 0 Å². The van der Waals surface area contributed by atoms with Crippen LogP contribution in [0.15, 0.2) is 73.4 Å². The maximum atomic E-state index is 13.7. The van der Waals surface area contributed by atoms with E-state index in [9.17, 15) is 18.0 Å². The zero-order valence-corrected chi connectivity index (χ0v) is 19.0. The van der Waals surface area contributed by atoms with Gasteiger partial charge in [-0.3, -0.25) is 15.2 Å². The predicted molar refractivity (Wildman–Crippen MR) is 128 cm³/mol. The average molecular weight is 489 g/mol. The van der Waals surface area contributed by atoms with Gasteiger partial charge in [0.25, 0.3) is 5.91 Å². The van der Waals surface area contributed by atoms with Crippen molar-refractivity contribution in [2.75, 3.05) is 13.7 Å². The van der Waals surface area contributed by atoms with Crippen LogP contribution in [0.25, 0.3) is 5.70 Å². The zero-order valence-electron chi connectivity index (χ0n) is 19.0. The van der Waals surface area contributed by atoms with Gasteiger partial charge >= 0.3 is 0 Å². The molecule has 0 aliphatic rings. The van der Waals surface area contributed by atoms with E-state index in [0.29, 0.717) is 11.4 Å². The van der Waals surface area contributed by atoms with Gasteiger partial charge in [0, 0.05) is 25.6 Å². The Labute approximate surface area is 201 Å². The fourth-order valence-corrected chi connectivity index (χ4v) is 2.84. The lowest BCUT2D eigenvalue weighted by Crippen LogP contribution is -2.31. The molecule has 0 spiro atoms. The number of pyridine rings is 1. The van der Waals surface area contributed by atoms with Gasteiger partial charge in [-0.15, -0.1) is 0 Å². The zero-order chi connectivity index (χ0) is 26.4. The third-order valence-corrected chi connectivity index (χ3v) is 4.46. The molecule has 3 rings (SSSR count). The highest BCUT2D eigenvalue weighted by molar-refractivity contribution is 6.06. The van der Waals surface area contributed by atoms with Crippen LogP contribution in [0.1, 0.15) is 39.6 Å². The smallest absolute Gasteiger partial charge is 0.252 e. The number of carbonyl (C=O) groups is 1. The number of aromatic nitrogens is 1. The molecule has 186 valence electrons. The number of nitrogens with two attached hydrogens (primary N) is 1. The standard InChI is InChI=1S/C16H15F2N3O2.C8H8FN.CH4O/c17-11-5-3-4-10(14(11)15(18)19)16(23)21-13(7-9-22)12-6-1-2-8-20-12;1-6(10)7-2-4-8(9)5-3-7;1-2/h1-6,8,13,19,22H,7,9H2,(H,21,23);2-5H,1,10H2;2H,1H3. The molecule has 1 heterocycles. The van der Waals surface area contributed by atoms with Crippen LogP contribution in [-0.2, 0) is 0 Å². The highest BCUT2D eigenvalue weighted by Crippen LogP contribution is 2.19. The molecule has 10 heteroatoms. The first kappa shape index (κ1) is 29.0. The Morgan fingerprint density at radius 2 is 1.77 bits per heavy atom. The summed E-state index contributed by atoms with van der Waals surface area (Å²) in [6, 6.07) is 13.9. The molecule has 0 saturated heterocycles. The molecule has 1 unspecified atom stereocenters. The van der Waals surface area contributed by atoms with Gasteiger partial charge in [0.05, 0.1) is 22.9 Å². The Morgan fingerprint density at radius 1 is 1.11 bits per heavy atom. The number of aliphatic hydroxyl groups excluding tert-OH is 2. The molecule has 2 aromatic carbocycles. The quantitative estimate of drug-likeness (QED) is 0.323. The Morgan fingerprint density at radius 3 is 2.29 bits per heavy atom. The van der Waals surface area contributed by atoms with Crippen LogP contribution in [0.4, 0.5) is 13.2 Å². The molecule has 0 aliphatic heterocycles. The van der Waals surface area contributed by atoms with Crippen molar-refractivity contribution < 1.29 is 28.2 Å². The lowest BCUT2D eigenvalue weighted by molar-refractivity contribution is 0.0928. The molecule has 3 aromatic rings. The van der Waals surface area contributed by atoms with E-state index in [2.05, 4.69) is 16.9 Å². The Balaban J connectivity index is 0.000000425. The van der Waals surface area contributed by atoms with Crippen molar-refractivity contribution in [2.45, 2.75) is 12.5 Å². The molecule has 0 radical (unpaired) electrons. The van der Waals surface area contributed by atoms with E-state index in [1.54, 1.807) is 30.3 Å². The number of rotatable bonds is 7. The first-order chi connectivity index (χ1) is 16.7. The fourth-order valence-electron chi connectivity index (χ4n) is 2.84. The largest absolute Gasteiger partial charge is 0.400 e. The lowest BCUT2D eigenvalue weighted by atomic mass is 10.0. The molecular formula is C25H27F3N4O3. The molecular weight excluding hydrogens is 461 g/mol. The summed E-state index contributed by atoms with van der Waals surface area (Å²) in [5.74, 6) is -3.51. The summed E-state index contributed by atoms with van der Waals surface area (Å²) in [7, 11) is 1.00. The van der Waals surface area contributed by atoms with Crippen molar-refractivity contribution in [1.82, 2.24) is 10.3 Å². The molecule has 0 bridgehead atoms. The Kier molecular flexibility index (Phi) is 12.4. The van der Waals surface area contributed by atoms with Crippen LogP contribution in [0.2, 0.25) is 0 Å². The van der Waals surface area contributed by atoms with Crippen molar-refractivity contribution in [2.24, 2.45) is 5.73 Å². The predicted octanol–water partition coefficient (Wildman–Crippen LogP) is 3.73. The second-order valence-corrected chi connectivity index (χ2v) is 6.80. The van der Waals surface area contributed by atoms with Crippen molar-refractivity contribution in [3.05, 3.63) is 107 Å². The summed E-state index contributed by atoms with van der Waals surface area (Å²) in [5.41, 5.74) is 6.12. The van der Waals surface area contributed by atoms with Gasteiger partial charge < -0.3 is 21.3 Å². The van der Waals surface area contributed by atoms with Crippen LogP contribution >= 0.6 is 0 Å². The normalized spacial score (nSPS) is 10.6. The minimum absolute atomic E-state index is 0.195. The van der Waals surface area contributed by atoms with Crippen LogP contribution in [0, 0.1) is 17.0 Å².